The zero-order valence-corrected chi connectivity index (χ0v) is 9.04. The Morgan fingerprint density at radius 2 is 1.93 bits per heavy atom. The third-order valence-electron chi connectivity index (χ3n) is 3.05. The highest BCUT2D eigenvalue weighted by atomic mass is 19.1. The molecule has 82 valence electrons. The quantitative estimate of drug-likeness (QED) is 0.719. The molecule has 2 rings (SSSR count). The Bertz CT molecular complexity index is 323. The maximum absolute atomic E-state index is 13.2. The Morgan fingerprint density at radius 1 is 1.27 bits per heavy atom. The van der Waals surface area contributed by atoms with E-state index in [1.165, 1.54) is 18.9 Å². The minimum atomic E-state index is -0.247. The molecule has 1 aliphatic rings. The van der Waals surface area contributed by atoms with E-state index in [0.717, 1.165) is 24.7 Å². The van der Waals surface area contributed by atoms with Crippen molar-refractivity contribution in [2.75, 3.05) is 23.7 Å². The van der Waals surface area contributed by atoms with E-state index in [4.69, 9.17) is 5.73 Å². The molecule has 3 heteroatoms. The van der Waals surface area contributed by atoms with Crippen LogP contribution in [0.5, 0.6) is 0 Å². The van der Waals surface area contributed by atoms with Gasteiger partial charge in [0.1, 0.15) is 5.82 Å². The van der Waals surface area contributed by atoms with Crippen LogP contribution in [0.3, 0.4) is 0 Å². The fourth-order valence-electron chi connectivity index (χ4n) is 2.05. The molecule has 2 N–H and O–H groups in total. The molecule has 0 amide bonds. The fraction of sp³-hybridized carbons (Fsp3) is 0.500. The number of nitrogens with two attached hydrogens (primary N) is 1. The molecule has 1 fully saturated rings. The number of anilines is 2. The van der Waals surface area contributed by atoms with E-state index in [0.29, 0.717) is 5.69 Å². The van der Waals surface area contributed by atoms with E-state index in [1.54, 1.807) is 6.07 Å². The number of halogens is 1. The highest BCUT2D eigenvalue weighted by Gasteiger charge is 2.16. The van der Waals surface area contributed by atoms with Gasteiger partial charge in [0.2, 0.25) is 0 Å². The SMILES string of the molecule is CC1CCN(c2cc(N)cc(F)c2)CC1. The second-order valence-electron chi connectivity index (χ2n) is 4.41. The van der Waals surface area contributed by atoms with Crippen LogP contribution in [0, 0.1) is 11.7 Å². The predicted molar refractivity (Wildman–Crippen MR) is 61.4 cm³/mol. The summed E-state index contributed by atoms with van der Waals surface area (Å²) in [6.07, 6.45) is 2.35. The monoisotopic (exact) mass is 208 g/mol. The van der Waals surface area contributed by atoms with Crippen molar-refractivity contribution in [1.82, 2.24) is 0 Å². The van der Waals surface area contributed by atoms with Crippen molar-refractivity contribution in [3.63, 3.8) is 0 Å². The minimum Gasteiger partial charge on any atom is -0.399 e. The van der Waals surface area contributed by atoms with E-state index >= 15 is 0 Å². The first-order valence-electron chi connectivity index (χ1n) is 5.46. The third kappa shape index (κ3) is 2.41. The lowest BCUT2D eigenvalue weighted by atomic mass is 9.99. The van der Waals surface area contributed by atoms with Crippen molar-refractivity contribution in [3.8, 4) is 0 Å². The summed E-state index contributed by atoms with van der Waals surface area (Å²) in [5, 5.41) is 0. The van der Waals surface area contributed by atoms with Gasteiger partial charge in [-0.05, 0) is 37.0 Å². The molecule has 1 aromatic carbocycles. The maximum Gasteiger partial charge on any atom is 0.127 e. The topological polar surface area (TPSA) is 29.3 Å². The van der Waals surface area contributed by atoms with Gasteiger partial charge in [0.05, 0.1) is 0 Å². The summed E-state index contributed by atoms with van der Waals surface area (Å²) in [7, 11) is 0. The zero-order valence-electron chi connectivity index (χ0n) is 9.04. The molecular formula is C12H17FN2. The molecule has 0 aromatic heterocycles. The molecule has 0 radical (unpaired) electrons. The number of hydrogen-bond donors (Lipinski definition) is 1. The van der Waals surface area contributed by atoms with Crippen molar-refractivity contribution in [1.29, 1.82) is 0 Å². The molecule has 0 aliphatic carbocycles. The second kappa shape index (κ2) is 4.09. The van der Waals surface area contributed by atoms with Gasteiger partial charge in [-0.15, -0.1) is 0 Å². The molecule has 2 nitrogen and oxygen atoms in total. The summed E-state index contributed by atoms with van der Waals surface area (Å²) >= 11 is 0. The van der Waals surface area contributed by atoms with Crippen LogP contribution in [0.25, 0.3) is 0 Å². The van der Waals surface area contributed by atoms with Gasteiger partial charge in [0, 0.05) is 24.5 Å². The van der Waals surface area contributed by atoms with Gasteiger partial charge in [0.15, 0.2) is 0 Å². The maximum atomic E-state index is 13.2. The summed E-state index contributed by atoms with van der Waals surface area (Å²) in [6, 6.07) is 4.77. The summed E-state index contributed by atoms with van der Waals surface area (Å²) in [5.74, 6) is 0.538. The van der Waals surface area contributed by atoms with Crippen LogP contribution in [-0.2, 0) is 0 Å². The first kappa shape index (κ1) is 10.3. The van der Waals surface area contributed by atoms with E-state index in [1.807, 2.05) is 6.07 Å². The van der Waals surface area contributed by atoms with Gasteiger partial charge in [-0.3, -0.25) is 0 Å². The molecule has 0 spiro atoms. The average molecular weight is 208 g/mol. The molecular weight excluding hydrogens is 191 g/mol. The number of hydrogen-bond acceptors (Lipinski definition) is 2. The Kier molecular flexibility index (Phi) is 2.80. The van der Waals surface area contributed by atoms with E-state index in [2.05, 4.69) is 11.8 Å². The lowest BCUT2D eigenvalue weighted by molar-refractivity contribution is 0.438. The van der Waals surface area contributed by atoms with E-state index in [9.17, 15) is 4.39 Å². The van der Waals surface area contributed by atoms with Crippen molar-refractivity contribution >= 4 is 11.4 Å². The van der Waals surface area contributed by atoms with Crippen LogP contribution >= 0.6 is 0 Å². The van der Waals surface area contributed by atoms with Gasteiger partial charge in [0.25, 0.3) is 0 Å². The van der Waals surface area contributed by atoms with E-state index < -0.39 is 0 Å². The number of benzene rings is 1. The number of nitrogen functional groups attached to an aromatic ring is 1. The van der Waals surface area contributed by atoms with Crippen LogP contribution in [0.4, 0.5) is 15.8 Å². The van der Waals surface area contributed by atoms with Gasteiger partial charge < -0.3 is 10.6 Å². The van der Waals surface area contributed by atoms with Crippen LogP contribution < -0.4 is 10.6 Å². The molecule has 0 bridgehead atoms. The van der Waals surface area contributed by atoms with Crippen molar-refractivity contribution in [2.45, 2.75) is 19.8 Å². The lowest BCUT2D eigenvalue weighted by Crippen LogP contribution is -2.32. The Balaban J connectivity index is 2.15. The highest BCUT2D eigenvalue weighted by molar-refractivity contribution is 5.56. The van der Waals surface area contributed by atoms with Crippen molar-refractivity contribution in [3.05, 3.63) is 24.0 Å². The minimum absolute atomic E-state index is 0.247. The zero-order chi connectivity index (χ0) is 10.8. The Labute approximate surface area is 89.9 Å². The largest absolute Gasteiger partial charge is 0.399 e. The lowest BCUT2D eigenvalue weighted by Gasteiger charge is -2.32. The second-order valence-corrected chi connectivity index (χ2v) is 4.41. The third-order valence-corrected chi connectivity index (χ3v) is 3.05. The van der Waals surface area contributed by atoms with Crippen LogP contribution in [0.1, 0.15) is 19.8 Å². The molecule has 1 aromatic rings. The van der Waals surface area contributed by atoms with Gasteiger partial charge in [-0.2, -0.15) is 0 Å². The van der Waals surface area contributed by atoms with Crippen molar-refractivity contribution < 1.29 is 4.39 Å². The van der Waals surface area contributed by atoms with Crippen LogP contribution in [-0.4, -0.2) is 13.1 Å². The van der Waals surface area contributed by atoms with Crippen LogP contribution in [0.15, 0.2) is 18.2 Å². The summed E-state index contributed by atoms with van der Waals surface area (Å²) in [5.41, 5.74) is 7.05. The van der Waals surface area contributed by atoms with Gasteiger partial charge >= 0.3 is 0 Å². The summed E-state index contributed by atoms with van der Waals surface area (Å²) in [4.78, 5) is 2.21. The number of piperidine rings is 1. The summed E-state index contributed by atoms with van der Waals surface area (Å²) < 4.78 is 13.2. The molecule has 1 heterocycles. The fourth-order valence-corrected chi connectivity index (χ4v) is 2.05. The molecule has 15 heavy (non-hydrogen) atoms. The van der Waals surface area contributed by atoms with E-state index in [-0.39, 0.29) is 5.82 Å². The van der Waals surface area contributed by atoms with Gasteiger partial charge in [-0.1, -0.05) is 6.92 Å². The Hall–Kier alpha value is -1.25. The standard InChI is InChI=1S/C12H17FN2/c1-9-2-4-15(5-3-9)12-7-10(13)6-11(14)8-12/h6-9H,2-5,14H2,1H3. The number of rotatable bonds is 1. The smallest absolute Gasteiger partial charge is 0.127 e. The first-order chi connectivity index (χ1) is 7.15. The molecule has 0 unspecified atom stereocenters. The first-order valence-corrected chi connectivity index (χ1v) is 5.46. The average Bonchev–Trinajstić information content (AvgIpc) is 2.17. The van der Waals surface area contributed by atoms with Crippen LogP contribution in [0.2, 0.25) is 0 Å². The molecule has 0 atom stereocenters. The van der Waals surface area contributed by atoms with Crippen molar-refractivity contribution in [2.24, 2.45) is 5.92 Å². The molecule has 1 saturated heterocycles. The van der Waals surface area contributed by atoms with Gasteiger partial charge in [-0.25, -0.2) is 4.39 Å². The summed E-state index contributed by atoms with van der Waals surface area (Å²) in [6.45, 7) is 4.27. The molecule has 0 saturated carbocycles. The molecule has 1 aliphatic heterocycles. The predicted octanol–water partition coefficient (Wildman–Crippen LogP) is 2.64. The Morgan fingerprint density at radius 3 is 2.53 bits per heavy atom. The number of nitrogens with zero attached hydrogens (tertiary/aromatic N) is 1. The normalized spacial score (nSPS) is 18.1. The highest BCUT2D eigenvalue weighted by Crippen LogP contribution is 2.25.